The average Bonchev–Trinajstić information content (AvgIpc) is 1.73. The molecule has 0 aromatic rings. The van der Waals surface area contributed by atoms with Crippen LogP contribution in [0.2, 0.25) is 0 Å². The Balaban J connectivity index is 0. The summed E-state index contributed by atoms with van der Waals surface area (Å²) in [6, 6.07) is -0.718. The predicted octanol–water partition coefficient (Wildman–Crippen LogP) is -1.34. The molecule has 0 bridgehead atoms. The van der Waals surface area contributed by atoms with E-state index in [-0.39, 0.29) is 0 Å². The van der Waals surface area contributed by atoms with Gasteiger partial charge in [-0.1, -0.05) is 0 Å². The van der Waals surface area contributed by atoms with Gasteiger partial charge in [-0.2, -0.15) is 0 Å². The lowest BCUT2D eigenvalue weighted by atomic mass is 11.2. The molecule has 0 aliphatic heterocycles. The van der Waals surface area contributed by atoms with E-state index in [9.17, 15) is 4.79 Å². The molecule has 0 unspecified atom stereocenters. The number of carbonyl (C=O) groups is 1. The van der Waals surface area contributed by atoms with Crippen molar-refractivity contribution in [3.63, 3.8) is 0 Å². The largest absolute Gasteiger partial charge is 0.351 e. The van der Waals surface area contributed by atoms with Crippen molar-refractivity contribution in [1.82, 2.24) is 5.43 Å². The third-order valence-electron chi connectivity index (χ3n) is 0.142. The van der Waals surface area contributed by atoms with Crippen LogP contribution < -0.4 is 17.0 Å². The summed E-state index contributed by atoms with van der Waals surface area (Å²) in [5.74, 6) is 4.45. The number of rotatable bonds is 0. The monoisotopic (exact) mass is 127 g/mol. The smallest absolute Gasteiger partial charge is 0.326 e. The number of nitrogens with two attached hydrogens (primary N) is 2. The van der Waals surface area contributed by atoms with Gasteiger partial charge < -0.3 is 5.73 Å². The number of primary amides is 1. The van der Waals surface area contributed by atoms with E-state index in [4.69, 9.17) is 4.66 Å². The number of urea groups is 1. The first-order valence-electron chi connectivity index (χ1n) is 1.20. The first kappa shape index (κ1) is 9.70. The lowest BCUT2D eigenvalue weighted by molar-refractivity contribution is 0.249. The van der Waals surface area contributed by atoms with Crippen molar-refractivity contribution < 1.29 is 9.45 Å². The molecule has 0 aromatic carbocycles. The lowest BCUT2D eigenvalue weighted by Gasteiger charge is -1.81. The van der Waals surface area contributed by atoms with Gasteiger partial charge in [-0.05, 0) is 0 Å². The Morgan fingerprint density at radius 2 is 1.86 bits per heavy atom. The molecule has 44 valence electrons. The zero-order valence-corrected chi connectivity index (χ0v) is 4.14. The average molecular weight is 128 g/mol. The van der Waals surface area contributed by atoms with E-state index in [1.54, 1.807) is 5.43 Å². The summed E-state index contributed by atoms with van der Waals surface area (Å²) >= 11 is 3.64. The molecule has 6 heteroatoms. The Morgan fingerprint density at radius 1 is 1.71 bits per heavy atom. The van der Waals surface area contributed by atoms with Crippen molar-refractivity contribution in [2.24, 2.45) is 11.6 Å². The molecule has 0 saturated heterocycles. The molecule has 0 heterocycles. The summed E-state index contributed by atoms with van der Waals surface area (Å²) in [7, 11) is 0. The molecule has 7 heavy (non-hydrogen) atoms. The third-order valence-corrected chi connectivity index (χ3v) is 0.142. The highest BCUT2D eigenvalue weighted by atomic mass is 35.5. The number of hydrogen-bond acceptors (Lipinski definition) is 3. The summed E-state index contributed by atoms with van der Waals surface area (Å²) in [6.07, 6.45) is 0. The first-order valence-corrected chi connectivity index (χ1v) is 1.54. The van der Waals surface area contributed by atoms with E-state index in [0.717, 1.165) is 0 Å². The number of carbonyl (C=O) groups excluding carboxylic acids is 1. The van der Waals surface area contributed by atoms with Gasteiger partial charge in [-0.15, -0.1) is 0 Å². The standard InChI is InChI=1S/CH5N3O.ClHO/c2-1(5)4-3;1-2/h3H2,(H3,2,4,5);2H. The molecule has 5 nitrogen and oxygen atoms in total. The van der Waals surface area contributed by atoms with Gasteiger partial charge in [0, 0.05) is 0 Å². The molecular formula is CH6ClN3O2. The van der Waals surface area contributed by atoms with E-state index in [0.29, 0.717) is 0 Å². The van der Waals surface area contributed by atoms with Crippen LogP contribution in [0.15, 0.2) is 0 Å². The Hall–Kier alpha value is -0.520. The minimum atomic E-state index is -0.718. The second kappa shape index (κ2) is 9.08. The number of nitrogens with one attached hydrogen (secondary N) is 1. The van der Waals surface area contributed by atoms with Crippen LogP contribution in [0.3, 0.4) is 0 Å². The maximum absolute atomic E-state index is 9.35. The molecule has 0 spiro atoms. The van der Waals surface area contributed by atoms with Crippen LogP contribution in [-0.2, 0) is 0 Å². The molecule has 0 radical (unpaired) electrons. The Morgan fingerprint density at radius 3 is 1.86 bits per heavy atom. The Bertz CT molecular complexity index is 48.2. The number of hydrazine groups is 1. The van der Waals surface area contributed by atoms with Gasteiger partial charge in [0.15, 0.2) is 0 Å². The topological polar surface area (TPSA) is 101 Å². The molecular weight excluding hydrogens is 121 g/mol. The summed E-state index contributed by atoms with van der Waals surface area (Å²) in [5, 5.41) is 0. The summed E-state index contributed by atoms with van der Waals surface area (Å²) < 4.78 is 6.47. The maximum atomic E-state index is 9.35. The zero-order valence-electron chi connectivity index (χ0n) is 3.39. The van der Waals surface area contributed by atoms with Crippen LogP contribution >= 0.6 is 11.9 Å². The number of halogens is 1. The summed E-state index contributed by atoms with van der Waals surface area (Å²) in [5.41, 5.74) is 6.08. The van der Waals surface area contributed by atoms with Crippen LogP contribution in [0, 0.1) is 0 Å². The minimum absolute atomic E-state index is 0.718. The summed E-state index contributed by atoms with van der Waals surface area (Å²) in [6.45, 7) is 0. The molecule has 2 amide bonds. The first-order chi connectivity index (χ1) is 3.27. The van der Waals surface area contributed by atoms with Gasteiger partial charge in [-0.25, -0.2) is 10.6 Å². The predicted molar refractivity (Wildman–Crippen MR) is 25.0 cm³/mol. The fraction of sp³-hybridized carbons (Fsp3) is 0. The molecule has 0 fully saturated rings. The van der Waals surface area contributed by atoms with E-state index >= 15 is 0 Å². The van der Waals surface area contributed by atoms with Gasteiger partial charge >= 0.3 is 6.03 Å². The second-order valence-electron chi connectivity index (χ2n) is 0.509. The van der Waals surface area contributed by atoms with Crippen LogP contribution in [0.4, 0.5) is 4.79 Å². The minimum Gasteiger partial charge on any atom is -0.351 e. The van der Waals surface area contributed by atoms with Gasteiger partial charge in [0.1, 0.15) is 0 Å². The van der Waals surface area contributed by atoms with Gasteiger partial charge in [0.25, 0.3) is 0 Å². The van der Waals surface area contributed by atoms with E-state index in [1.165, 1.54) is 0 Å². The van der Waals surface area contributed by atoms with Crippen molar-refractivity contribution in [3.05, 3.63) is 0 Å². The Labute approximate surface area is 45.4 Å². The van der Waals surface area contributed by atoms with Crippen molar-refractivity contribution in [1.29, 1.82) is 0 Å². The van der Waals surface area contributed by atoms with Gasteiger partial charge in [0.2, 0.25) is 0 Å². The van der Waals surface area contributed by atoms with E-state index in [1.807, 2.05) is 0 Å². The number of hydrogen-bond donors (Lipinski definition) is 4. The van der Waals surface area contributed by atoms with E-state index in [2.05, 4.69) is 23.4 Å². The highest BCUT2D eigenvalue weighted by Crippen LogP contribution is 1.34. The SMILES string of the molecule is NNC(N)=O.OCl. The third kappa shape index (κ3) is 30.3. The molecule has 0 saturated carbocycles. The molecule has 0 aliphatic rings. The lowest BCUT2D eigenvalue weighted by Crippen LogP contribution is -2.34. The van der Waals surface area contributed by atoms with Gasteiger partial charge in [0.05, 0.1) is 11.9 Å². The van der Waals surface area contributed by atoms with Crippen molar-refractivity contribution in [3.8, 4) is 0 Å². The van der Waals surface area contributed by atoms with Crippen LogP contribution in [0.1, 0.15) is 0 Å². The van der Waals surface area contributed by atoms with Crippen LogP contribution in [0.5, 0.6) is 0 Å². The van der Waals surface area contributed by atoms with Crippen LogP contribution in [-0.4, -0.2) is 10.7 Å². The summed E-state index contributed by atoms with van der Waals surface area (Å²) in [4.78, 5) is 9.35. The molecule has 6 N–H and O–H groups in total. The number of amides is 2. The van der Waals surface area contributed by atoms with Crippen molar-refractivity contribution in [2.45, 2.75) is 0 Å². The quantitative estimate of drug-likeness (QED) is 0.184. The van der Waals surface area contributed by atoms with Crippen molar-refractivity contribution >= 4 is 17.9 Å². The molecule has 0 atom stereocenters. The molecule has 0 aliphatic carbocycles. The molecule has 0 aromatic heterocycles. The highest BCUT2D eigenvalue weighted by molar-refractivity contribution is 6.04. The van der Waals surface area contributed by atoms with Crippen molar-refractivity contribution in [2.75, 3.05) is 0 Å². The Kier molecular flexibility index (Phi) is 12.6. The molecule has 0 rings (SSSR count). The maximum Gasteiger partial charge on any atom is 0.326 e. The van der Waals surface area contributed by atoms with E-state index < -0.39 is 6.03 Å². The van der Waals surface area contributed by atoms with Gasteiger partial charge in [-0.3, -0.25) is 10.1 Å². The fourth-order valence-electron chi connectivity index (χ4n) is 0. The zero-order chi connectivity index (χ0) is 6.28. The second-order valence-corrected chi connectivity index (χ2v) is 0.509. The van der Waals surface area contributed by atoms with Crippen LogP contribution in [0.25, 0.3) is 0 Å². The highest BCUT2D eigenvalue weighted by Gasteiger charge is 1.73. The normalized spacial score (nSPS) is 5.57. The fourth-order valence-corrected chi connectivity index (χ4v) is 0.